The summed E-state index contributed by atoms with van der Waals surface area (Å²) >= 11 is 12.1. The lowest BCUT2D eigenvalue weighted by atomic mass is 10.0. The van der Waals surface area contributed by atoms with Crippen LogP contribution in [-0.2, 0) is 23.7 Å². The predicted octanol–water partition coefficient (Wildman–Crippen LogP) is 0.657. The molecule has 0 saturated heterocycles. The molecule has 36 heavy (non-hydrogen) atoms. The third-order valence-electron chi connectivity index (χ3n) is 4.56. The number of hydroxylamine groups is 2. The first kappa shape index (κ1) is 32.2. The number of ether oxygens (including phenoxy) is 1. The van der Waals surface area contributed by atoms with Gasteiger partial charge < -0.3 is 24.6 Å². The Labute approximate surface area is 220 Å². The third kappa shape index (κ3) is 11.1. The van der Waals surface area contributed by atoms with E-state index in [4.69, 9.17) is 47.6 Å². The second-order valence-electron chi connectivity index (χ2n) is 7.94. The summed E-state index contributed by atoms with van der Waals surface area (Å²) in [6.07, 6.45) is -0.0902. The Hall–Kier alpha value is -1.81. The number of rotatable bonds is 16. The minimum absolute atomic E-state index is 0.00493. The van der Waals surface area contributed by atoms with Gasteiger partial charge in [-0.3, -0.25) is 19.1 Å². The van der Waals surface area contributed by atoms with E-state index in [1.165, 1.54) is 25.3 Å². The van der Waals surface area contributed by atoms with Gasteiger partial charge in [0.2, 0.25) is 5.91 Å². The maximum absolute atomic E-state index is 13.3. The zero-order chi connectivity index (χ0) is 27.3. The number of imide groups is 1. The largest absolute Gasteiger partial charge is 0.730 e. The number of benzene rings is 1. The number of nitrogens with zero attached hydrogens (tertiary/aromatic N) is 2. The van der Waals surface area contributed by atoms with Crippen LogP contribution >= 0.6 is 23.2 Å². The van der Waals surface area contributed by atoms with E-state index in [1.807, 2.05) is 0 Å². The molecule has 1 aromatic rings. The summed E-state index contributed by atoms with van der Waals surface area (Å²) in [6.45, 7) is 2.78. The molecular formula is C21H32BCl2N3O9. The Morgan fingerprint density at radius 3 is 2.33 bits per heavy atom. The van der Waals surface area contributed by atoms with E-state index in [-0.39, 0.29) is 67.3 Å². The van der Waals surface area contributed by atoms with E-state index < -0.39 is 31.1 Å². The third-order valence-corrected chi connectivity index (χ3v) is 5.13. The summed E-state index contributed by atoms with van der Waals surface area (Å²) in [7, 11) is -0.694. The summed E-state index contributed by atoms with van der Waals surface area (Å²) in [6, 6.07) is 2.89. The van der Waals surface area contributed by atoms with E-state index in [9.17, 15) is 19.4 Å². The van der Waals surface area contributed by atoms with Crippen molar-refractivity contribution >= 4 is 48.3 Å². The van der Waals surface area contributed by atoms with Crippen LogP contribution in [0.25, 0.3) is 0 Å². The number of aliphatic hydroxyl groups is 2. The van der Waals surface area contributed by atoms with Gasteiger partial charge in [0, 0.05) is 25.2 Å². The molecule has 0 aromatic heterocycles. The van der Waals surface area contributed by atoms with Crippen molar-refractivity contribution in [2.24, 2.45) is 5.92 Å². The molecule has 1 atom stereocenters. The average molecular weight is 552 g/mol. The number of carbonyl (C=O) groups is 3. The zero-order valence-corrected chi connectivity index (χ0v) is 21.9. The normalized spacial score (nSPS) is 12.1. The van der Waals surface area contributed by atoms with Gasteiger partial charge in [0.1, 0.15) is 6.04 Å². The average Bonchev–Trinajstić information content (AvgIpc) is 2.81. The maximum atomic E-state index is 13.3. The Morgan fingerprint density at radius 2 is 1.78 bits per heavy atom. The van der Waals surface area contributed by atoms with Gasteiger partial charge in [-0.05, 0) is 30.5 Å². The Bertz CT molecular complexity index is 860. The molecular weight excluding hydrogens is 520 g/mol. The van der Waals surface area contributed by atoms with Crippen LogP contribution in [0.15, 0.2) is 18.2 Å². The minimum Gasteiger partial charge on any atom is -0.483 e. The number of methoxy groups -OCH3 is 1. The van der Waals surface area contributed by atoms with Gasteiger partial charge in [-0.15, -0.1) is 0 Å². The van der Waals surface area contributed by atoms with Crippen LogP contribution in [0.3, 0.4) is 0 Å². The first-order valence-corrected chi connectivity index (χ1v) is 11.9. The van der Waals surface area contributed by atoms with Crippen LogP contribution in [0.5, 0.6) is 0 Å². The first-order valence-electron chi connectivity index (χ1n) is 11.1. The number of halogens is 2. The minimum atomic E-state index is -2.08. The van der Waals surface area contributed by atoms with E-state index in [0.717, 1.165) is 5.06 Å². The number of hydrazine groups is 1. The Morgan fingerprint density at radius 1 is 1.14 bits per heavy atom. The van der Waals surface area contributed by atoms with Crippen LogP contribution in [-0.4, -0.2) is 96.5 Å². The van der Waals surface area contributed by atoms with Crippen molar-refractivity contribution < 1.29 is 43.8 Å². The van der Waals surface area contributed by atoms with Crippen LogP contribution in [0.1, 0.15) is 37.0 Å². The summed E-state index contributed by atoms with van der Waals surface area (Å²) < 4.78 is 14.9. The molecule has 0 heterocycles. The molecule has 1 aromatic carbocycles. The summed E-state index contributed by atoms with van der Waals surface area (Å²) in [4.78, 5) is 39.0. The Kier molecular flexibility index (Phi) is 15.1. The predicted molar refractivity (Wildman–Crippen MR) is 131 cm³/mol. The lowest BCUT2D eigenvalue weighted by Gasteiger charge is -2.28. The fourth-order valence-electron chi connectivity index (χ4n) is 2.93. The molecule has 0 aliphatic carbocycles. The van der Waals surface area contributed by atoms with Crippen molar-refractivity contribution in [3.8, 4) is 0 Å². The van der Waals surface area contributed by atoms with Gasteiger partial charge in [0.15, 0.2) is 0 Å². The number of carbonyl (C=O) groups excluding carboxylic acids is 3. The molecule has 2 amide bonds. The van der Waals surface area contributed by atoms with Gasteiger partial charge in [0.25, 0.3) is 5.91 Å². The van der Waals surface area contributed by atoms with Gasteiger partial charge >= 0.3 is 13.3 Å². The zero-order valence-electron chi connectivity index (χ0n) is 20.4. The molecule has 202 valence electrons. The van der Waals surface area contributed by atoms with Crippen molar-refractivity contribution in [2.45, 2.75) is 32.7 Å². The van der Waals surface area contributed by atoms with E-state index in [1.54, 1.807) is 13.8 Å². The molecule has 0 saturated carbocycles. The molecule has 0 bridgehead atoms. The monoisotopic (exact) mass is 551 g/mol. The first-order chi connectivity index (χ1) is 17.0. The van der Waals surface area contributed by atoms with Gasteiger partial charge in [0.05, 0.1) is 36.8 Å². The standard InChI is InChI=1S/C21H32BCl2N3O9/c1-14(2)12-18(21(32)35-22(33)36-26(7-9-28)8-10-29)25-27(19(30)6-11-34-3)20(31)16-13-15(23)4-5-17(16)24/h4-5,13-14,18,25,28-29,33H,6-12H2,1-3H3/t18-/m1/s1. The van der Waals surface area contributed by atoms with Crippen molar-refractivity contribution in [1.82, 2.24) is 15.5 Å². The highest BCUT2D eigenvalue weighted by Crippen LogP contribution is 2.22. The fourth-order valence-corrected chi connectivity index (χ4v) is 3.30. The number of nitrogens with one attached hydrogen (secondary N) is 1. The molecule has 4 N–H and O–H groups in total. The van der Waals surface area contributed by atoms with Crippen molar-refractivity contribution in [3.63, 3.8) is 0 Å². The van der Waals surface area contributed by atoms with Crippen LogP contribution in [0.2, 0.25) is 10.0 Å². The molecule has 0 aliphatic heterocycles. The van der Waals surface area contributed by atoms with Crippen LogP contribution in [0.4, 0.5) is 0 Å². The quantitative estimate of drug-likeness (QED) is 0.169. The highest BCUT2D eigenvalue weighted by atomic mass is 35.5. The van der Waals surface area contributed by atoms with Gasteiger partial charge in [-0.25, -0.2) is 10.4 Å². The summed E-state index contributed by atoms with van der Waals surface area (Å²) in [5.41, 5.74) is 2.51. The second kappa shape index (κ2) is 16.8. The lowest BCUT2D eigenvalue weighted by molar-refractivity contribution is -0.151. The summed E-state index contributed by atoms with van der Waals surface area (Å²) in [5, 5.41) is 30.0. The van der Waals surface area contributed by atoms with Crippen molar-refractivity contribution in [2.75, 3.05) is 40.0 Å². The van der Waals surface area contributed by atoms with Gasteiger partial charge in [-0.2, -0.15) is 5.06 Å². The van der Waals surface area contributed by atoms with E-state index in [0.29, 0.717) is 5.01 Å². The van der Waals surface area contributed by atoms with E-state index in [2.05, 4.69) is 5.43 Å². The van der Waals surface area contributed by atoms with Crippen molar-refractivity contribution in [3.05, 3.63) is 33.8 Å². The maximum Gasteiger partial charge on any atom is 0.730 e. The van der Waals surface area contributed by atoms with Crippen LogP contribution in [0, 0.1) is 5.92 Å². The number of aliphatic hydroxyl groups excluding tert-OH is 2. The second-order valence-corrected chi connectivity index (χ2v) is 8.78. The SMILES string of the molecule is COCCC(=O)N(N[C@H](CC(C)C)C(=O)OB(O)ON(CCO)CCO)C(=O)c1cc(Cl)ccc1Cl. The van der Waals surface area contributed by atoms with Crippen molar-refractivity contribution in [1.29, 1.82) is 0 Å². The molecule has 0 radical (unpaired) electrons. The molecule has 0 fully saturated rings. The fraction of sp³-hybridized carbons (Fsp3) is 0.571. The van der Waals surface area contributed by atoms with Gasteiger partial charge in [-0.1, -0.05) is 37.0 Å². The highest BCUT2D eigenvalue weighted by Gasteiger charge is 2.34. The number of amides is 2. The molecule has 12 nitrogen and oxygen atoms in total. The van der Waals surface area contributed by atoms with E-state index >= 15 is 0 Å². The molecule has 0 spiro atoms. The molecule has 0 unspecified atom stereocenters. The molecule has 0 aliphatic rings. The number of hydrogen-bond donors (Lipinski definition) is 4. The lowest BCUT2D eigenvalue weighted by Crippen LogP contribution is -2.55. The Balaban J connectivity index is 3.15. The topological polar surface area (TPSA) is 158 Å². The highest BCUT2D eigenvalue weighted by molar-refractivity contribution is 6.37. The molecule has 1 rings (SSSR count). The van der Waals surface area contributed by atoms with Crippen LogP contribution < -0.4 is 5.43 Å². The smallest absolute Gasteiger partial charge is 0.483 e. The summed E-state index contributed by atoms with van der Waals surface area (Å²) in [5.74, 6) is -2.71. The number of hydrogen-bond acceptors (Lipinski definition) is 11. The molecule has 15 heteroatoms.